The summed E-state index contributed by atoms with van der Waals surface area (Å²) in [6.45, 7) is 4.89. The van der Waals surface area contributed by atoms with E-state index in [9.17, 15) is 9.18 Å². The van der Waals surface area contributed by atoms with E-state index in [1.807, 2.05) is 18.2 Å². The van der Waals surface area contributed by atoms with Crippen molar-refractivity contribution in [3.8, 4) is 5.75 Å². The van der Waals surface area contributed by atoms with Crippen LogP contribution in [0.1, 0.15) is 24.8 Å². The Morgan fingerprint density at radius 2 is 1.97 bits per heavy atom. The minimum atomic E-state index is -0.371. The zero-order valence-electron chi connectivity index (χ0n) is 18.1. The van der Waals surface area contributed by atoms with Crippen LogP contribution in [0.25, 0.3) is 10.2 Å². The molecule has 0 spiro atoms. The molecule has 1 fully saturated rings. The number of carbonyl (C=O) groups is 1. The molecule has 6 nitrogen and oxygen atoms in total. The zero-order valence-corrected chi connectivity index (χ0v) is 18.9. The Balaban J connectivity index is 1.22. The second kappa shape index (κ2) is 10.8. The largest absolute Gasteiger partial charge is 0.490 e. The van der Waals surface area contributed by atoms with Crippen molar-refractivity contribution >= 4 is 27.5 Å². The molecule has 0 bridgehead atoms. The average molecular weight is 458 g/mol. The third-order valence-electron chi connectivity index (χ3n) is 5.51. The summed E-state index contributed by atoms with van der Waals surface area (Å²) in [5.74, 6) is -0.0834. The van der Waals surface area contributed by atoms with Crippen molar-refractivity contribution in [1.82, 2.24) is 15.2 Å². The Labute approximate surface area is 191 Å². The van der Waals surface area contributed by atoms with Crippen molar-refractivity contribution in [3.63, 3.8) is 0 Å². The van der Waals surface area contributed by atoms with Gasteiger partial charge in [0.25, 0.3) is 0 Å². The van der Waals surface area contributed by atoms with Crippen LogP contribution in [0.4, 0.5) is 4.39 Å². The monoisotopic (exact) mass is 457 g/mol. The van der Waals surface area contributed by atoms with Gasteiger partial charge in [-0.1, -0.05) is 12.1 Å². The quantitative estimate of drug-likeness (QED) is 0.490. The van der Waals surface area contributed by atoms with Gasteiger partial charge in [0, 0.05) is 26.1 Å². The van der Waals surface area contributed by atoms with Gasteiger partial charge in [-0.2, -0.15) is 0 Å². The normalized spacial score (nSPS) is 16.2. The number of ether oxygens (including phenoxy) is 2. The fourth-order valence-corrected chi connectivity index (χ4v) is 4.83. The first-order valence-corrected chi connectivity index (χ1v) is 11.7. The highest BCUT2D eigenvalue weighted by Crippen LogP contribution is 2.22. The molecule has 1 unspecified atom stereocenters. The fourth-order valence-electron chi connectivity index (χ4n) is 3.91. The van der Waals surface area contributed by atoms with E-state index in [1.165, 1.54) is 23.8 Å². The van der Waals surface area contributed by atoms with E-state index >= 15 is 0 Å². The van der Waals surface area contributed by atoms with Crippen molar-refractivity contribution in [2.45, 2.75) is 38.5 Å². The van der Waals surface area contributed by atoms with Gasteiger partial charge in [-0.3, -0.25) is 9.69 Å². The number of nitrogens with one attached hydrogen (secondary N) is 1. The topological polar surface area (TPSA) is 63.7 Å². The van der Waals surface area contributed by atoms with Crippen LogP contribution >= 0.6 is 11.3 Å². The van der Waals surface area contributed by atoms with Gasteiger partial charge in [-0.15, -0.1) is 11.3 Å². The number of para-hydroxylation sites is 1. The standard InChI is InChI=1S/C24H28FN3O3S/c1-17(29)31-21(16-30-20-8-6-18(25)7-9-20)15-28-12-10-19(11-13-28)26-14-24-27-22-4-2-3-5-23(22)32-24/h2-9,19,21,26H,10-16H2,1H3. The lowest BCUT2D eigenvalue weighted by Gasteiger charge is -2.34. The van der Waals surface area contributed by atoms with Crippen LogP contribution in [-0.2, 0) is 16.1 Å². The summed E-state index contributed by atoms with van der Waals surface area (Å²) in [7, 11) is 0. The molecule has 4 rings (SSSR count). The Kier molecular flexibility index (Phi) is 7.68. The van der Waals surface area contributed by atoms with Crippen LogP contribution in [-0.4, -0.2) is 54.2 Å². The van der Waals surface area contributed by atoms with E-state index in [1.54, 1.807) is 23.5 Å². The molecule has 1 saturated heterocycles. The number of likely N-dealkylation sites (tertiary alicyclic amines) is 1. The number of aromatic nitrogens is 1. The predicted molar refractivity (Wildman–Crippen MR) is 123 cm³/mol. The van der Waals surface area contributed by atoms with E-state index in [-0.39, 0.29) is 24.5 Å². The lowest BCUT2D eigenvalue weighted by atomic mass is 10.0. The van der Waals surface area contributed by atoms with Crippen molar-refractivity contribution in [2.24, 2.45) is 0 Å². The van der Waals surface area contributed by atoms with Gasteiger partial charge >= 0.3 is 5.97 Å². The van der Waals surface area contributed by atoms with Crippen LogP contribution in [0, 0.1) is 5.82 Å². The smallest absolute Gasteiger partial charge is 0.303 e. The summed E-state index contributed by atoms with van der Waals surface area (Å²) in [5.41, 5.74) is 1.06. The molecule has 0 saturated carbocycles. The van der Waals surface area contributed by atoms with E-state index in [0.29, 0.717) is 18.3 Å². The Morgan fingerprint density at radius 3 is 2.69 bits per heavy atom. The third kappa shape index (κ3) is 6.48. The summed E-state index contributed by atoms with van der Waals surface area (Å²) in [5, 5.41) is 4.75. The van der Waals surface area contributed by atoms with Gasteiger partial charge in [0.05, 0.1) is 10.2 Å². The maximum absolute atomic E-state index is 13.1. The summed E-state index contributed by atoms with van der Waals surface area (Å²) < 4.78 is 25.4. The molecule has 1 atom stereocenters. The molecule has 2 heterocycles. The molecule has 3 aromatic rings. The second-order valence-corrected chi connectivity index (χ2v) is 9.14. The minimum Gasteiger partial charge on any atom is -0.490 e. The highest BCUT2D eigenvalue weighted by atomic mass is 32.1. The summed E-state index contributed by atoms with van der Waals surface area (Å²) in [6, 6.07) is 14.5. The highest BCUT2D eigenvalue weighted by molar-refractivity contribution is 7.18. The van der Waals surface area contributed by atoms with E-state index in [2.05, 4.69) is 16.3 Å². The zero-order chi connectivity index (χ0) is 22.3. The molecular weight excluding hydrogens is 429 g/mol. The number of piperidine rings is 1. The van der Waals surface area contributed by atoms with E-state index in [0.717, 1.165) is 43.0 Å². The lowest BCUT2D eigenvalue weighted by Crippen LogP contribution is -2.46. The first kappa shape index (κ1) is 22.6. The molecule has 1 aliphatic heterocycles. The number of nitrogens with zero attached hydrogens (tertiary/aromatic N) is 2. The molecule has 1 N–H and O–H groups in total. The highest BCUT2D eigenvalue weighted by Gasteiger charge is 2.23. The molecular formula is C24H28FN3O3S. The predicted octanol–water partition coefficient (Wildman–Crippen LogP) is 4.00. The number of rotatable bonds is 9. The summed E-state index contributed by atoms with van der Waals surface area (Å²) in [4.78, 5) is 18.5. The molecule has 170 valence electrons. The maximum atomic E-state index is 13.1. The van der Waals surface area contributed by atoms with Crippen molar-refractivity contribution < 1.29 is 18.7 Å². The van der Waals surface area contributed by atoms with Crippen LogP contribution < -0.4 is 10.1 Å². The Bertz CT molecular complexity index is 986. The minimum absolute atomic E-state index is 0.237. The third-order valence-corrected chi connectivity index (χ3v) is 6.55. The first-order chi connectivity index (χ1) is 15.5. The van der Waals surface area contributed by atoms with Crippen molar-refractivity contribution in [3.05, 3.63) is 59.4 Å². The fraction of sp³-hybridized carbons (Fsp3) is 0.417. The second-order valence-electron chi connectivity index (χ2n) is 8.03. The van der Waals surface area contributed by atoms with Crippen LogP contribution in [0.15, 0.2) is 48.5 Å². The Morgan fingerprint density at radius 1 is 1.22 bits per heavy atom. The molecule has 0 radical (unpaired) electrons. The lowest BCUT2D eigenvalue weighted by molar-refractivity contribution is -0.149. The van der Waals surface area contributed by atoms with Gasteiger partial charge in [-0.25, -0.2) is 9.37 Å². The first-order valence-electron chi connectivity index (χ1n) is 10.9. The van der Waals surface area contributed by atoms with Crippen LogP contribution in [0.3, 0.4) is 0 Å². The van der Waals surface area contributed by atoms with Crippen LogP contribution in [0.5, 0.6) is 5.75 Å². The van der Waals surface area contributed by atoms with Gasteiger partial charge < -0.3 is 14.8 Å². The number of hydrogen-bond donors (Lipinski definition) is 1. The number of fused-ring (bicyclic) bond motifs is 1. The maximum Gasteiger partial charge on any atom is 0.303 e. The molecule has 8 heteroatoms. The SMILES string of the molecule is CC(=O)OC(COc1ccc(F)cc1)CN1CCC(NCc2nc3ccccc3s2)CC1. The van der Waals surface area contributed by atoms with Crippen molar-refractivity contribution in [1.29, 1.82) is 0 Å². The molecule has 32 heavy (non-hydrogen) atoms. The molecule has 1 aliphatic rings. The van der Waals surface area contributed by atoms with Gasteiger partial charge in [0.1, 0.15) is 29.3 Å². The molecule has 0 amide bonds. The Hall–Kier alpha value is -2.55. The van der Waals surface area contributed by atoms with Crippen molar-refractivity contribution in [2.75, 3.05) is 26.2 Å². The molecule has 1 aromatic heterocycles. The number of hydrogen-bond acceptors (Lipinski definition) is 7. The van der Waals surface area contributed by atoms with Crippen LogP contribution in [0.2, 0.25) is 0 Å². The number of benzene rings is 2. The number of thiazole rings is 1. The van der Waals surface area contributed by atoms with E-state index in [4.69, 9.17) is 14.5 Å². The molecule has 0 aliphatic carbocycles. The van der Waals surface area contributed by atoms with Gasteiger partial charge in [-0.05, 0) is 62.3 Å². The molecule has 2 aromatic carbocycles. The average Bonchev–Trinajstić information content (AvgIpc) is 3.21. The van der Waals surface area contributed by atoms with Gasteiger partial charge in [0.2, 0.25) is 0 Å². The number of halogens is 1. The summed E-state index contributed by atoms with van der Waals surface area (Å²) in [6.07, 6.45) is 1.68. The number of esters is 1. The number of carbonyl (C=O) groups excluding carboxylic acids is 1. The van der Waals surface area contributed by atoms with Gasteiger partial charge in [0.15, 0.2) is 0 Å². The van der Waals surface area contributed by atoms with E-state index < -0.39 is 0 Å². The summed E-state index contributed by atoms with van der Waals surface area (Å²) >= 11 is 1.74.